The minimum Gasteiger partial charge on any atom is -0.352 e. The van der Waals surface area contributed by atoms with E-state index in [1.165, 1.54) is 5.56 Å². The SMILES string of the molecule is CC(C)CCNC(=O)c1ccc(Cn2c(SCc3ccccc3)nc3ccccc3c2=O)cc1. The van der Waals surface area contributed by atoms with Gasteiger partial charge in [-0.3, -0.25) is 14.2 Å². The van der Waals surface area contributed by atoms with Gasteiger partial charge in [0.15, 0.2) is 5.16 Å². The second kappa shape index (κ2) is 11.2. The zero-order chi connectivity index (χ0) is 23.9. The van der Waals surface area contributed by atoms with Gasteiger partial charge in [0, 0.05) is 17.9 Å². The number of benzene rings is 3. The normalized spacial score (nSPS) is 11.1. The molecular weight excluding hydrogens is 442 g/mol. The van der Waals surface area contributed by atoms with E-state index in [9.17, 15) is 9.59 Å². The Labute approximate surface area is 204 Å². The molecule has 0 unspecified atom stereocenters. The van der Waals surface area contributed by atoms with Crippen molar-refractivity contribution in [2.75, 3.05) is 6.54 Å². The van der Waals surface area contributed by atoms with E-state index in [2.05, 4.69) is 31.3 Å². The van der Waals surface area contributed by atoms with Gasteiger partial charge in [-0.25, -0.2) is 4.98 Å². The summed E-state index contributed by atoms with van der Waals surface area (Å²) in [5.74, 6) is 1.20. The van der Waals surface area contributed by atoms with Crippen LogP contribution in [0.25, 0.3) is 10.9 Å². The van der Waals surface area contributed by atoms with E-state index in [-0.39, 0.29) is 11.5 Å². The Bertz CT molecular complexity index is 1320. The molecule has 0 fully saturated rings. The molecule has 0 radical (unpaired) electrons. The second-order valence-corrected chi connectivity index (χ2v) is 9.65. The highest BCUT2D eigenvalue weighted by Gasteiger charge is 2.13. The van der Waals surface area contributed by atoms with Crippen LogP contribution in [0.1, 0.15) is 41.8 Å². The molecule has 1 N–H and O–H groups in total. The van der Waals surface area contributed by atoms with Crippen LogP contribution in [0, 0.1) is 5.92 Å². The summed E-state index contributed by atoms with van der Waals surface area (Å²) in [5.41, 5.74) is 3.38. The third kappa shape index (κ3) is 5.94. The largest absolute Gasteiger partial charge is 0.352 e. The highest BCUT2D eigenvalue weighted by atomic mass is 32.2. The number of nitrogens with zero attached hydrogens (tertiary/aromatic N) is 2. The van der Waals surface area contributed by atoms with Crippen LogP contribution in [0.3, 0.4) is 0 Å². The number of fused-ring (bicyclic) bond motifs is 1. The predicted molar refractivity (Wildman–Crippen MR) is 139 cm³/mol. The van der Waals surface area contributed by atoms with Crippen LogP contribution < -0.4 is 10.9 Å². The topological polar surface area (TPSA) is 64.0 Å². The number of aromatic nitrogens is 2. The Morgan fingerprint density at radius 2 is 1.65 bits per heavy atom. The number of rotatable bonds is 9. The lowest BCUT2D eigenvalue weighted by atomic mass is 10.1. The van der Waals surface area contributed by atoms with Crippen LogP contribution in [0.4, 0.5) is 0 Å². The molecule has 0 aliphatic rings. The summed E-state index contributed by atoms with van der Waals surface area (Å²) in [6.45, 7) is 5.33. The van der Waals surface area contributed by atoms with E-state index in [4.69, 9.17) is 4.98 Å². The minimum atomic E-state index is -0.0733. The average Bonchev–Trinajstić information content (AvgIpc) is 2.85. The van der Waals surface area contributed by atoms with Crippen molar-refractivity contribution in [3.05, 3.63) is 106 Å². The summed E-state index contributed by atoms with van der Waals surface area (Å²) in [6.07, 6.45) is 0.950. The van der Waals surface area contributed by atoms with Gasteiger partial charge in [0.2, 0.25) is 0 Å². The maximum atomic E-state index is 13.4. The molecule has 4 rings (SSSR count). The third-order valence-corrected chi connectivity index (χ3v) is 6.65. The number of hydrogen-bond acceptors (Lipinski definition) is 4. The van der Waals surface area contributed by atoms with Crippen molar-refractivity contribution in [3.63, 3.8) is 0 Å². The Morgan fingerprint density at radius 3 is 2.38 bits per heavy atom. The molecule has 0 bridgehead atoms. The summed E-state index contributed by atoms with van der Waals surface area (Å²) in [6, 6.07) is 25.1. The fourth-order valence-corrected chi connectivity index (χ4v) is 4.59. The first-order valence-electron chi connectivity index (χ1n) is 11.5. The molecule has 0 spiro atoms. The van der Waals surface area contributed by atoms with Gasteiger partial charge in [-0.1, -0.05) is 80.2 Å². The monoisotopic (exact) mass is 471 g/mol. The highest BCUT2D eigenvalue weighted by molar-refractivity contribution is 7.98. The molecule has 0 aliphatic heterocycles. The maximum absolute atomic E-state index is 13.4. The molecule has 1 aromatic heterocycles. The van der Waals surface area contributed by atoms with Gasteiger partial charge in [0.1, 0.15) is 0 Å². The standard InChI is InChI=1S/C28H29N3O2S/c1-20(2)16-17-29-26(32)23-14-12-21(13-15-23)18-31-27(33)24-10-6-7-11-25(24)30-28(31)34-19-22-8-4-3-5-9-22/h3-15,20H,16-19H2,1-2H3,(H,29,32). The second-order valence-electron chi connectivity index (χ2n) is 8.71. The molecule has 5 nitrogen and oxygen atoms in total. The Hall–Kier alpha value is -3.38. The van der Waals surface area contributed by atoms with Crippen molar-refractivity contribution in [1.82, 2.24) is 14.9 Å². The van der Waals surface area contributed by atoms with E-state index in [1.807, 2.05) is 66.7 Å². The van der Waals surface area contributed by atoms with Crippen LogP contribution in [-0.2, 0) is 12.3 Å². The average molecular weight is 472 g/mol. The van der Waals surface area contributed by atoms with Crippen LogP contribution in [0.5, 0.6) is 0 Å². The molecule has 174 valence electrons. The first-order valence-corrected chi connectivity index (χ1v) is 12.5. The predicted octanol–water partition coefficient (Wildman–Crippen LogP) is 5.51. The van der Waals surface area contributed by atoms with Crippen molar-refractivity contribution in [2.24, 2.45) is 5.92 Å². The van der Waals surface area contributed by atoms with Gasteiger partial charge in [-0.05, 0) is 47.7 Å². The molecule has 1 amide bonds. The first-order chi connectivity index (χ1) is 16.5. The number of para-hydroxylation sites is 1. The lowest BCUT2D eigenvalue weighted by Crippen LogP contribution is -2.25. The van der Waals surface area contributed by atoms with Crippen LogP contribution in [-0.4, -0.2) is 22.0 Å². The summed E-state index contributed by atoms with van der Waals surface area (Å²) in [7, 11) is 0. The van der Waals surface area contributed by atoms with Gasteiger partial charge in [-0.2, -0.15) is 0 Å². The number of hydrogen-bond donors (Lipinski definition) is 1. The zero-order valence-corrected chi connectivity index (χ0v) is 20.3. The molecule has 34 heavy (non-hydrogen) atoms. The van der Waals surface area contributed by atoms with Crippen LogP contribution in [0.2, 0.25) is 0 Å². The lowest BCUT2D eigenvalue weighted by molar-refractivity contribution is 0.0952. The molecule has 1 heterocycles. The van der Waals surface area contributed by atoms with E-state index in [0.717, 1.165) is 17.7 Å². The fourth-order valence-electron chi connectivity index (χ4n) is 3.64. The molecule has 3 aromatic carbocycles. The molecule has 0 saturated carbocycles. The number of amides is 1. The van der Waals surface area contributed by atoms with Crippen molar-refractivity contribution in [3.8, 4) is 0 Å². The number of nitrogens with one attached hydrogen (secondary N) is 1. The van der Waals surface area contributed by atoms with Gasteiger partial charge < -0.3 is 5.32 Å². The molecule has 6 heteroatoms. The lowest BCUT2D eigenvalue weighted by Gasteiger charge is -2.14. The van der Waals surface area contributed by atoms with E-state index in [0.29, 0.717) is 40.6 Å². The Morgan fingerprint density at radius 1 is 0.941 bits per heavy atom. The summed E-state index contributed by atoms with van der Waals surface area (Å²) >= 11 is 1.56. The Balaban J connectivity index is 1.57. The number of carbonyl (C=O) groups is 1. The van der Waals surface area contributed by atoms with Gasteiger partial charge in [0.05, 0.1) is 17.4 Å². The van der Waals surface area contributed by atoms with Crippen molar-refractivity contribution >= 4 is 28.6 Å². The Kier molecular flexibility index (Phi) is 7.80. The third-order valence-electron chi connectivity index (χ3n) is 5.60. The molecule has 0 atom stereocenters. The zero-order valence-electron chi connectivity index (χ0n) is 19.5. The van der Waals surface area contributed by atoms with Crippen LogP contribution >= 0.6 is 11.8 Å². The number of carbonyl (C=O) groups excluding carboxylic acids is 1. The van der Waals surface area contributed by atoms with E-state index >= 15 is 0 Å². The molecule has 4 aromatic rings. The van der Waals surface area contributed by atoms with Crippen molar-refractivity contribution in [2.45, 2.75) is 37.7 Å². The van der Waals surface area contributed by atoms with Gasteiger partial charge in [-0.15, -0.1) is 0 Å². The fraction of sp³-hybridized carbons (Fsp3) is 0.250. The quantitative estimate of drug-likeness (QED) is 0.258. The molecular formula is C28H29N3O2S. The summed E-state index contributed by atoms with van der Waals surface area (Å²) in [5, 5.41) is 4.25. The van der Waals surface area contributed by atoms with Crippen LogP contribution in [0.15, 0.2) is 88.8 Å². The minimum absolute atomic E-state index is 0.0586. The first kappa shape index (κ1) is 23.8. The summed E-state index contributed by atoms with van der Waals surface area (Å²) < 4.78 is 1.73. The maximum Gasteiger partial charge on any atom is 0.262 e. The molecule has 0 aliphatic carbocycles. The van der Waals surface area contributed by atoms with Gasteiger partial charge >= 0.3 is 0 Å². The van der Waals surface area contributed by atoms with E-state index in [1.54, 1.807) is 16.3 Å². The van der Waals surface area contributed by atoms with Crippen molar-refractivity contribution in [1.29, 1.82) is 0 Å². The molecule has 0 saturated heterocycles. The smallest absolute Gasteiger partial charge is 0.262 e. The number of thioether (sulfide) groups is 1. The van der Waals surface area contributed by atoms with Crippen molar-refractivity contribution < 1.29 is 4.79 Å². The summed E-state index contributed by atoms with van der Waals surface area (Å²) in [4.78, 5) is 30.6. The highest BCUT2D eigenvalue weighted by Crippen LogP contribution is 2.23. The van der Waals surface area contributed by atoms with Gasteiger partial charge in [0.25, 0.3) is 11.5 Å². The van der Waals surface area contributed by atoms with E-state index < -0.39 is 0 Å².